The molecule has 0 spiro atoms. The Hall–Kier alpha value is -1.89. The summed E-state index contributed by atoms with van der Waals surface area (Å²) >= 11 is 0. The average Bonchev–Trinajstić information content (AvgIpc) is 2.30. The molecule has 1 nitrogen and oxygen atoms in total. The summed E-state index contributed by atoms with van der Waals surface area (Å²) in [5.74, 6) is 0.00750. The first kappa shape index (κ1) is 12.2. The summed E-state index contributed by atoms with van der Waals surface area (Å²) in [6.45, 7) is 7.65. The van der Waals surface area contributed by atoms with Gasteiger partial charge in [-0.15, -0.1) is 0 Å². The van der Waals surface area contributed by atoms with Crippen molar-refractivity contribution in [1.82, 2.24) is 0 Å². The van der Waals surface area contributed by atoms with Crippen molar-refractivity contribution in [2.75, 3.05) is 0 Å². The minimum atomic E-state index is 0.00750. The van der Waals surface area contributed by atoms with E-state index >= 15 is 0 Å². The Morgan fingerprint density at radius 3 is 2.25 bits per heavy atom. The summed E-state index contributed by atoms with van der Waals surface area (Å²) < 4.78 is 0. The fourth-order valence-electron chi connectivity index (χ4n) is 1.25. The number of ketones is 1. The molecule has 1 aromatic carbocycles. The van der Waals surface area contributed by atoms with Crippen LogP contribution in [0.5, 0.6) is 0 Å². The van der Waals surface area contributed by atoms with Crippen LogP contribution in [0, 0.1) is 0 Å². The van der Waals surface area contributed by atoms with Crippen molar-refractivity contribution in [2.45, 2.75) is 13.8 Å². The quantitative estimate of drug-likeness (QED) is 0.419. The third-order valence-corrected chi connectivity index (χ3v) is 2.11. The van der Waals surface area contributed by atoms with E-state index in [0.717, 1.165) is 5.57 Å². The molecule has 0 amide bonds. The lowest BCUT2D eigenvalue weighted by molar-refractivity contribution is 0.103. The third-order valence-electron chi connectivity index (χ3n) is 2.11. The van der Waals surface area contributed by atoms with Gasteiger partial charge in [0.1, 0.15) is 0 Å². The Labute approximate surface area is 96.8 Å². The van der Waals surface area contributed by atoms with Crippen LogP contribution in [0.1, 0.15) is 24.2 Å². The maximum Gasteiger partial charge on any atom is 0.192 e. The second-order valence-corrected chi connectivity index (χ2v) is 3.77. The van der Waals surface area contributed by atoms with E-state index in [1.54, 1.807) is 12.2 Å². The maximum atomic E-state index is 12.0. The van der Waals surface area contributed by atoms with Crippen LogP contribution in [0.3, 0.4) is 0 Å². The number of Topliss-reactive ketones (excluding diaryl/α,β-unsaturated/α-hetero) is 1. The highest BCUT2D eigenvalue weighted by molar-refractivity contribution is 6.10. The van der Waals surface area contributed by atoms with Gasteiger partial charge in [0.15, 0.2) is 5.78 Å². The van der Waals surface area contributed by atoms with Gasteiger partial charge in [-0.1, -0.05) is 60.7 Å². The van der Waals surface area contributed by atoms with Crippen molar-refractivity contribution in [1.29, 1.82) is 0 Å². The number of allylic oxidation sites excluding steroid dienone is 5. The van der Waals surface area contributed by atoms with Gasteiger partial charge in [0.05, 0.1) is 0 Å². The van der Waals surface area contributed by atoms with Crippen molar-refractivity contribution in [3.63, 3.8) is 0 Å². The van der Waals surface area contributed by atoms with Crippen molar-refractivity contribution < 1.29 is 4.79 Å². The largest absolute Gasteiger partial charge is 0.289 e. The van der Waals surface area contributed by atoms with Crippen LogP contribution >= 0.6 is 0 Å². The van der Waals surface area contributed by atoms with Crippen LogP contribution in [-0.4, -0.2) is 5.78 Å². The molecule has 0 atom stereocenters. The van der Waals surface area contributed by atoms with E-state index in [-0.39, 0.29) is 5.78 Å². The summed E-state index contributed by atoms with van der Waals surface area (Å²) in [5, 5.41) is 0. The van der Waals surface area contributed by atoms with Crippen LogP contribution in [0.2, 0.25) is 0 Å². The average molecular weight is 212 g/mol. The van der Waals surface area contributed by atoms with Crippen molar-refractivity contribution in [3.8, 4) is 0 Å². The Morgan fingerprint density at radius 1 is 1.12 bits per heavy atom. The number of hydrogen-bond acceptors (Lipinski definition) is 1. The molecule has 82 valence electrons. The summed E-state index contributed by atoms with van der Waals surface area (Å²) in [6, 6.07) is 9.22. The normalized spacial score (nSPS) is 10.8. The van der Waals surface area contributed by atoms with Gasteiger partial charge in [0.2, 0.25) is 0 Å². The van der Waals surface area contributed by atoms with E-state index in [1.807, 2.05) is 50.3 Å². The Bertz CT molecular complexity index is 432. The molecule has 16 heavy (non-hydrogen) atoms. The van der Waals surface area contributed by atoms with E-state index in [2.05, 4.69) is 6.58 Å². The van der Waals surface area contributed by atoms with Crippen molar-refractivity contribution in [2.24, 2.45) is 0 Å². The molecular formula is C15H16O. The first-order valence-corrected chi connectivity index (χ1v) is 5.22. The van der Waals surface area contributed by atoms with Gasteiger partial charge in [-0.3, -0.25) is 4.79 Å². The highest BCUT2D eigenvalue weighted by Crippen LogP contribution is 2.09. The van der Waals surface area contributed by atoms with Crippen LogP contribution in [0.4, 0.5) is 0 Å². The molecule has 0 unspecified atom stereocenters. The molecule has 0 aromatic heterocycles. The standard InChI is InChI=1S/C15H16O/c1-4-13(11-10-12(2)3)15(16)14-8-6-5-7-9-14/h4-11H,1H2,2-3H3/b13-11+. The van der Waals surface area contributed by atoms with Crippen LogP contribution in [0.15, 0.2) is 66.3 Å². The van der Waals surface area contributed by atoms with E-state index in [0.29, 0.717) is 11.1 Å². The number of rotatable bonds is 4. The summed E-state index contributed by atoms with van der Waals surface area (Å²) in [4.78, 5) is 12.0. The molecule has 0 saturated heterocycles. The third kappa shape index (κ3) is 3.35. The molecule has 0 aliphatic carbocycles. The zero-order chi connectivity index (χ0) is 12.0. The van der Waals surface area contributed by atoms with Gasteiger partial charge in [-0.25, -0.2) is 0 Å². The molecular weight excluding hydrogens is 196 g/mol. The minimum absolute atomic E-state index is 0.00750. The molecule has 0 fully saturated rings. The SMILES string of the molecule is C=C/C(=C\C=C(C)C)C(=O)c1ccccc1. The van der Waals surface area contributed by atoms with E-state index < -0.39 is 0 Å². The smallest absolute Gasteiger partial charge is 0.192 e. The summed E-state index contributed by atoms with van der Waals surface area (Å²) in [5.41, 5.74) is 2.46. The lowest BCUT2D eigenvalue weighted by Gasteiger charge is -2.00. The Morgan fingerprint density at radius 2 is 1.75 bits per heavy atom. The molecule has 1 aromatic rings. The predicted molar refractivity (Wildman–Crippen MR) is 68.5 cm³/mol. The maximum absolute atomic E-state index is 12.0. The van der Waals surface area contributed by atoms with Gasteiger partial charge in [0.25, 0.3) is 0 Å². The van der Waals surface area contributed by atoms with E-state index in [4.69, 9.17) is 0 Å². The van der Waals surface area contributed by atoms with Crippen LogP contribution in [0.25, 0.3) is 0 Å². The molecule has 0 heterocycles. The Balaban J connectivity index is 3.00. The zero-order valence-electron chi connectivity index (χ0n) is 9.73. The minimum Gasteiger partial charge on any atom is -0.289 e. The number of benzene rings is 1. The topological polar surface area (TPSA) is 17.1 Å². The number of carbonyl (C=O) groups is 1. The van der Waals surface area contributed by atoms with E-state index in [1.165, 1.54) is 0 Å². The predicted octanol–water partition coefficient (Wildman–Crippen LogP) is 3.95. The molecule has 1 heteroatoms. The summed E-state index contributed by atoms with van der Waals surface area (Å²) in [6.07, 6.45) is 5.31. The second kappa shape index (κ2) is 5.86. The van der Waals surface area contributed by atoms with Gasteiger partial charge >= 0.3 is 0 Å². The fraction of sp³-hybridized carbons (Fsp3) is 0.133. The molecule has 0 aliphatic heterocycles. The van der Waals surface area contributed by atoms with Gasteiger partial charge in [-0.05, 0) is 13.8 Å². The first-order chi connectivity index (χ1) is 7.65. The van der Waals surface area contributed by atoms with Crippen LogP contribution < -0.4 is 0 Å². The summed E-state index contributed by atoms with van der Waals surface area (Å²) in [7, 11) is 0. The van der Waals surface area contributed by atoms with Crippen molar-refractivity contribution >= 4 is 5.78 Å². The lowest BCUT2D eigenvalue weighted by atomic mass is 10.0. The van der Waals surface area contributed by atoms with Gasteiger partial charge in [0, 0.05) is 11.1 Å². The fourth-order valence-corrected chi connectivity index (χ4v) is 1.25. The number of hydrogen-bond donors (Lipinski definition) is 0. The number of carbonyl (C=O) groups excluding carboxylic acids is 1. The highest BCUT2D eigenvalue weighted by Gasteiger charge is 2.07. The van der Waals surface area contributed by atoms with Crippen molar-refractivity contribution in [3.05, 3.63) is 71.8 Å². The molecule has 0 bridgehead atoms. The monoisotopic (exact) mass is 212 g/mol. The second-order valence-electron chi connectivity index (χ2n) is 3.77. The highest BCUT2D eigenvalue weighted by atomic mass is 16.1. The van der Waals surface area contributed by atoms with Gasteiger partial charge < -0.3 is 0 Å². The van der Waals surface area contributed by atoms with Crippen LogP contribution in [-0.2, 0) is 0 Å². The molecule has 1 rings (SSSR count). The molecule has 0 aliphatic rings. The molecule has 0 N–H and O–H groups in total. The lowest BCUT2D eigenvalue weighted by Crippen LogP contribution is -2.00. The van der Waals surface area contributed by atoms with E-state index in [9.17, 15) is 4.79 Å². The molecule has 0 saturated carbocycles. The zero-order valence-corrected chi connectivity index (χ0v) is 9.73. The van der Waals surface area contributed by atoms with Gasteiger partial charge in [-0.2, -0.15) is 0 Å². The molecule has 0 radical (unpaired) electrons. The first-order valence-electron chi connectivity index (χ1n) is 5.22. The Kier molecular flexibility index (Phi) is 4.46.